The van der Waals surface area contributed by atoms with Crippen molar-refractivity contribution in [1.29, 1.82) is 0 Å². The first-order valence-corrected chi connectivity index (χ1v) is 5.42. The number of amides is 1. The van der Waals surface area contributed by atoms with Crippen LogP contribution < -0.4 is 10.6 Å². The summed E-state index contributed by atoms with van der Waals surface area (Å²) >= 11 is 5.88. The van der Waals surface area contributed by atoms with Crippen molar-refractivity contribution in [2.45, 2.75) is 13.3 Å². The number of fused-ring (bicyclic) bond motifs is 1. The molecule has 0 unspecified atom stereocenters. The van der Waals surface area contributed by atoms with Gasteiger partial charge < -0.3 is 10.6 Å². The fourth-order valence-electron chi connectivity index (χ4n) is 1.66. The van der Waals surface area contributed by atoms with Gasteiger partial charge in [-0.2, -0.15) is 0 Å². The fraction of sp³-hybridized carbons (Fsp3) is 0.364. The van der Waals surface area contributed by atoms with Gasteiger partial charge in [0.15, 0.2) is 0 Å². The molecule has 0 aliphatic carbocycles. The molecule has 15 heavy (non-hydrogen) atoms. The van der Waals surface area contributed by atoms with Crippen molar-refractivity contribution in [3.05, 3.63) is 23.2 Å². The highest BCUT2D eigenvalue weighted by Gasteiger charge is 2.21. The number of carbonyl (C=O) groups is 1. The second-order valence-corrected chi connectivity index (χ2v) is 4.10. The van der Waals surface area contributed by atoms with Crippen molar-refractivity contribution in [2.24, 2.45) is 5.92 Å². The molecule has 0 radical (unpaired) electrons. The summed E-state index contributed by atoms with van der Waals surface area (Å²) in [5.41, 5.74) is 1.70. The van der Waals surface area contributed by atoms with Crippen LogP contribution in [0.3, 0.4) is 0 Å². The predicted molar refractivity (Wildman–Crippen MR) is 62.4 cm³/mol. The molecular formula is C11H13ClN2O. The summed E-state index contributed by atoms with van der Waals surface area (Å²) in [5, 5.41) is 6.79. The van der Waals surface area contributed by atoms with Crippen LogP contribution in [0.4, 0.5) is 11.4 Å². The third-order valence-corrected chi connectivity index (χ3v) is 2.88. The lowest BCUT2D eigenvalue weighted by Gasteiger charge is -2.09. The number of benzene rings is 1. The molecule has 4 heteroatoms. The standard InChI is InChI=1S/C11H13ClN2O/c1-2-7-6-13-10-5-8(12)3-4-9(10)14-11(7)15/h3-5,7,13H,2,6H2,1H3,(H,14,15)/t7-/m1/s1. The number of hydrogen-bond acceptors (Lipinski definition) is 2. The summed E-state index contributed by atoms with van der Waals surface area (Å²) in [4.78, 5) is 11.7. The van der Waals surface area contributed by atoms with E-state index in [1.54, 1.807) is 6.07 Å². The van der Waals surface area contributed by atoms with Gasteiger partial charge in [0.25, 0.3) is 0 Å². The molecule has 1 aliphatic heterocycles. The molecule has 1 aliphatic rings. The number of carbonyl (C=O) groups excluding carboxylic acids is 1. The summed E-state index contributed by atoms with van der Waals surface area (Å²) in [6.45, 7) is 2.67. The quantitative estimate of drug-likeness (QED) is 0.770. The van der Waals surface area contributed by atoms with Gasteiger partial charge in [-0.25, -0.2) is 0 Å². The molecule has 1 heterocycles. The molecular weight excluding hydrogens is 212 g/mol. The molecule has 1 amide bonds. The van der Waals surface area contributed by atoms with Gasteiger partial charge in [0, 0.05) is 11.6 Å². The zero-order chi connectivity index (χ0) is 10.8. The Labute approximate surface area is 93.8 Å². The summed E-state index contributed by atoms with van der Waals surface area (Å²) in [6, 6.07) is 5.42. The Morgan fingerprint density at radius 2 is 2.27 bits per heavy atom. The normalized spacial score (nSPS) is 19.9. The van der Waals surface area contributed by atoms with Gasteiger partial charge in [-0.05, 0) is 24.6 Å². The number of nitrogens with one attached hydrogen (secondary N) is 2. The molecule has 1 atom stereocenters. The van der Waals surface area contributed by atoms with Crippen LogP contribution >= 0.6 is 11.6 Å². The van der Waals surface area contributed by atoms with Crippen molar-refractivity contribution < 1.29 is 4.79 Å². The second-order valence-electron chi connectivity index (χ2n) is 3.67. The van der Waals surface area contributed by atoms with Crippen LogP contribution in [-0.2, 0) is 4.79 Å². The fourth-order valence-corrected chi connectivity index (χ4v) is 1.83. The Hall–Kier alpha value is -1.22. The van der Waals surface area contributed by atoms with E-state index in [0.717, 1.165) is 17.8 Å². The summed E-state index contributed by atoms with van der Waals surface area (Å²) in [6.07, 6.45) is 0.834. The number of rotatable bonds is 1. The van der Waals surface area contributed by atoms with E-state index in [4.69, 9.17) is 11.6 Å². The highest BCUT2D eigenvalue weighted by Crippen LogP contribution is 2.28. The van der Waals surface area contributed by atoms with Gasteiger partial charge in [-0.15, -0.1) is 0 Å². The third-order valence-electron chi connectivity index (χ3n) is 2.64. The van der Waals surface area contributed by atoms with Crippen molar-refractivity contribution in [3.63, 3.8) is 0 Å². The molecule has 80 valence electrons. The van der Waals surface area contributed by atoms with Crippen molar-refractivity contribution in [3.8, 4) is 0 Å². The molecule has 2 N–H and O–H groups in total. The van der Waals surface area contributed by atoms with Crippen LogP contribution in [0.5, 0.6) is 0 Å². The molecule has 1 aromatic carbocycles. The smallest absolute Gasteiger partial charge is 0.229 e. The van der Waals surface area contributed by atoms with Gasteiger partial charge >= 0.3 is 0 Å². The number of hydrogen-bond donors (Lipinski definition) is 2. The molecule has 0 saturated heterocycles. The molecule has 1 aromatic rings. The van der Waals surface area contributed by atoms with Crippen LogP contribution in [0.1, 0.15) is 13.3 Å². The third kappa shape index (κ3) is 2.07. The Morgan fingerprint density at radius 3 is 3.00 bits per heavy atom. The van der Waals surface area contributed by atoms with Gasteiger partial charge in [0.2, 0.25) is 5.91 Å². The van der Waals surface area contributed by atoms with Crippen LogP contribution in [0, 0.1) is 5.92 Å². The van der Waals surface area contributed by atoms with Crippen molar-refractivity contribution in [2.75, 3.05) is 17.2 Å². The molecule has 0 saturated carbocycles. The number of anilines is 2. The summed E-state index contributed by atoms with van der Waals surface area (Å²) in [5.74, 6) is 0.0993. The van der Waals surface area contributed by atoms with E-state index in [9.17, 15) is 4.79 Å². The van der Waals surface area contributed by atoms with E-state index in [0.29, 0.717) is 11.6 Å². The lowest BCUT2D eigenvalue weighted by Crippen LogP contribution is -2.24. The first-order chi connectivity index (χ1) is 7.20. The van der Waals surface area contributed by atoms with Crippen LogP contribution in [0.15, 0.2) is 18.2 Å². The molecule has 0 fully saturated rings. The van der Waals surface area contributed by atoms with E-state index in [1.165, 1.54) is 0 Å². The minimum atomic E-state index is 0.0242. The van der Waals surface area contributed by atoms with E-state index in [1.807, 2.05) is 19.1 Å². The monoisotopic (exact) mass is 224 g/mol. The van der Waals surface area contributed by atoms with E-state index in [2.05, 4.69) is 10.6 Å². The van der Waals surface area contributed by atoms with Crippen LogP contribution in [-0.4, -0.2) is 12.5 Å². The number of halogens is 1. The van der Waals surface area contributed by atoms with Gasteiger partial charge in [0.05, 0.1) is 17.3 Å². The topological polar surface area (TPSA) is 41.1 Å². The largest absolute Gasteiger partial charge is 0.383 e. The van der Waals surface area contributed by atoms with E-state index >= 15 is 0 Å². The molecule has 0 bridgehead atoms. The average molecular weight is 225 g/mol. The van der Waals surface area contributed by atoms with Gasteiger partial charge in [-0.3, -0.25) is 4.79 Å². The first kappa shape index (κ1) is 10.3. The molecule has 0 spiro atoms. The lowest BCUT2D eigenvalue weighted by atomic mass is 10.1. The average Bonchev–Trinajstić information content (AvgIpc) is 2.36. The maximum Gasteiger partial charge on any atom is 0.229 e. The summed E-state index contributed by atoms with van der Waals surface area (Å²) in [7, 11) is 0. The molecule has 3 nitrogen and oxygen atoms in total. The predicted octanol–water partition coefficient (Wildman–Crippen LogP) is 2.73. The Morgan fingerprint density at radius 1 is 1.47 bits per heavy atom. The minimum Gasteiger partial charge on any atom is -0.383 e. The highest BCUT2D eigenvalue weighted by molar-refractivity contribution is 6.31. The van der Waals surface area contributed by atoms with Gasteiger partial charge in [-0.1, -0.05) is 18.5 Å². The van der Waals surface area contributed by atoms with E-state index < -0.39 is 0 Å². The SMILES string of the molecule is CC[C@@H]1CNc2cc(Cl)ccc2NC1=O. The lowest BCUT2D eigenvalue weighted by molar-refractivity contribution is -0.119. The Bertz CT molecular complexity index is 392. The maximum atomic E-state index is 11.7. The first-order valence-electron chi connectivity index (χ1n) is 5.05. The maximum absolute atomic E-state index is 11.7. The van der Waals surface area contributed by atoms with Crippen molar-refractivity contribution in [1.82, 2.24) is 0 Å². The highest BCUT2D eigenvalue weighted by atomic mass is 35.5. The Kier molecular flexibility index (Phi) is 2.82. The van der Waals surface area contributed by atoms with Crippen LogP contribution in [0.2, 0.25) is 5.02 Å². The minimum absolute atomic E-state index is 0.0242. The zero-order valence-corrected chi connectivity index (χ0v) is 9.27. The summed E-state index contributed by atoms with van der Waals surface area (Å²) < 4.78 is 0. The van der Waals surface area contributed by atoms with E-state index in [-0.39, 0.29) is 11.8 Å². The molecule has 2 rings (SSSR count). The Balaban J connectivity index is 2.31. The van der Waals surface area contributed by atoms with Gasteiger partial charge in [0.1, 0.15) is 0 Å². The van der Waals surface area contributed by atoms with Crippen LogP contribution in [0.25, 0.3) is 0 Å². The zero-order valence-electron chi connectivity index (χ0n) is 8.51. The van der Waals surface area contributed by atoms with Crippen molar-refractivity contribution >= 4 is 28.9 Å². The molecule has 0 aromatic heterocycles. The second kappa shape index (κ2) is 4.11.